The molecule has 0 spiro atoms. The Morgan fingerprint density at radius 2 is 1.68 bits per heavy atom. The first kappa shape index (κ1) is 18.4. The number of rotatable bonds is 7. The van der Waals surface area contributed by atoms with Crippen molar-refractivity contribution in [2.24, 2.45) is 0 Å². The van der Waals surface area contributed by atoms with Gasteiger partial charge in [-0.25, -0.2) is 8.42 Å². The van der Waals surface area contributed by atoms with Gasteiger partial charge in [0.2, 0.25) is 0 Å². The Labute approximate surface area is 117 Å². The Hall–Kier alpha value is -0.650. The Balaban J connectivity index is 0.000000555. The second-order valence-corrected chi connectivity index (χ2v) is 6.36. The van der Waals surface area contributed by atoms with E-state index in [1.54, 1.807) is 4.90 Å². The smallest absolute Gasteiger partial charge is 0.109 e. The van der Waals surface area contributed by atoms with Gasteiger partial charge in [-0.15, -0.1) is 0 Å². The van der Waals surface area contributed by atoms with Crippen molar-refractivity contribution in [2.45, 2.75) is 52.4 Å². The van der Waals surface area contributed by atoms with E-state index >= 15 is 0 Å². The van der Waals surface area contributed by atoms with Crippen LogP contribution in [0.3, 0.4) is 0 Å². The van der Waals surface area contributed by atoms with Crippen LogP contribution in [0.5, 0.6) is 0 Å². The minimum atomic E-state index is -3.92. The van der Waals surface area contributed by atoms with Crippen LogP contribution < -0.4 is 4.90 Å². The van der Waals surface area contributed by atoms with E-state index in [2.05, 4.69) is 32.2 Å². The minimum absolute atomic E-state index is 0.604. The number of nitrogens with one attached hydrogen (secondary N) is 1. The molecule has 19 heavy (non-hydrogen) atoms. The van der Waals surface area contributed by atoms with Crippen LogP contribution in [-0.4, -0.2) is 25.8 Å². The summed E-state index contributed by atoms with van der Waals surface area (Å²) in [4.78, 5) is 1.56. The van der Waals surface area contributed by atoms with Crippen molar-refractivity contribution in [1.29, 1.82) is 0 Å². The van der Waals surface area contributed by atoms with Crippen molar-refractivity contribution < 1.29 is 17.9 Å². The Morgan fingerprint density at radius 3 is 2.16 bits per heavy atom. The van der Waals surface area contributed by atoms with Gasteiger partial charge in [-0.05, 0) is 25.0 Å². The quantitative estimate of drug-likeness (QED) is 0.574. The zero-order valence-corrected chi connectivity index (χ0v) is 13.1. The summed E-state index contributed by atoms with van der Waals surface area (Å²) < 4.78 is 27.2. The molecule has 0 aromatic heterocycles. The monoisotopic (exact) mass is 289 g/mol. The van der Waals surface area contributed by atoms with Crippen LogP contribution in [0, 0.1) is 0 Å². The molecule has 1 aliphatic heterocycles. The topological polar surface area (TPSA) is 61.6 Å². The summed E-state index contributed by atoms with van der Waals surface area (Å²) in [5.74, 6) is 0. The molecular formula is C14H27NO3S. The van der Waals surface area contributed by atoms with Crippen molar-refractivity contribution in [3.63, 3.8) is 0 Å². The Morgan fingerprint density at radius 1 is 1.16 bits per heavy atom. The SMILES string of the molecule is CCCCCCCC[NH+]1C=CC=C1C.CS(=O)(=O)[O-]. The van der Waals surface area contributed by atoms with Crippen molar-refractivity contribution in [3.8, 4) is 0 Å². The van der Waals surface area contributed by atoms with Gasteiger partial charge < -0.3 is 4.55 Å². The summed E-state index contributed by atoms with van der Waals surface area (Å²) in [6, 6.07) is 0. The molecule has 0 aliphatic carbocycles. The van der Waals surface area contributed by atoms with E-state index in [1.807, 2.05) is 0 Å². The molecular weight excluding hydrogens is 262 g/mol. The maximum atomic E-state index is 9.08. The van der Waals surface area contributed by atoms with E-state index in [1.165, 1.54) is 50.8 Å². The van der Waals surface area contributed by atoms with Crippen LogP contribution in [-0.2, 0) is 10.1 Å². The summed E-state index contributed by atoms with van der Waals surface area (Å²) in [5.41, 5.74) is 1.47. The molecule has 0 aromatic carbocycles. The maximum Gasteiger partial charge on any atom is 0.109 e. The standard InChI is InChI=1S/C13H23N.CH4O3S/c1-3-4-5-6-7-8-11-14-12-9-10-13(14)2;1-5(2,3)4/h9-10,12H,3-8,11H2,1-2H3;1H3,(H,2,3,4). The molecule has 1 heterocycles. The lowest BCUT2D eigenvalue weighted by Gasteiger charge is -2.10. The second kappa shape index (κ2) is 10.2. The van der Waals surface area contributed by atoms with Gasteiger partial charge in [0, 0.05) is 13.2 Å². The molecule has 0 fully saturated rings. The summed E-state index contributed by atoms with van der Waals surface area (Å²) in [5, 5.41) is 0. The number of unbranched alkanes of at least 4 members (excludes halogenated alkanes) is 5. The highest BCUT2D eigenvalue weighted by molar-refractivity contribution is 7.84. The zero-order chi connectivity index (χ0) is 14.7. The summed E-state index contributed by atoms with van der Waals surface area (Å²) >= 11 is 0. The van der Waals surface area contributed by atoms with Crippen molar-refractivity contribution in [2.75, 3.05) is 12.8 Å². The van der Waals surface area contributed by atoms with Crippen molar-refractivity contribution >= 4 is 10.1 Å². The van der Waals surface area contributed by atoms with Crippen LogP contribution in [0.1, 0.15) is 52.4 Å². The fraction of sp³-hybridized carbons (Fsp3) is 0.714. The Bertz CT molecular complexity index is 377. The fourth-order valence-corrected chi connectivity index (χ4v) is 1.92. The highest BCUT2D eigenvalue weighted by Crippen LogP contribution is 2.04. The lowest BCUT2D eigenvalue weighted by Crippen LogP contribution is -3.04. The average Bonchev–Trinajstić information content (AvgIpc) is 2.67. The number of hydrogen-bond donors (Lipinski definition) is 1. The highest BCUT2D eigenvalue weighted by atomic mass is 32.2. The van der Waals surface area contributed by atoms with Gasteiger partial charge >= 0.3 is 0 Å². The summed E-state index contributed by atoms with van der Waals surface area (Å²) in [6.07, 6.45) is 15.6. The number of quaternary nitrogens is 1. The lowest BCUT2D eigenvalue weighted by molar-refractivity contribution is -0.802. The highest BCUT2D eigenvalue weighted by Gasteiger charge is 2.10. The van der Waals surface area contributed by atoms with E-state index in [0.717, 1.165) is 0 Å². The van der Waals surface area contributed by atoms with Gasteiger partial charge in [-0.1, -0.05) is 32.6 Å². The largest absolute Gasteiger partial charge is 0.748 e. The minimum Gasteiger partial charge on any atom is -0.748 e. The van der Waals surface area contributed by atoms with E-state index in [-0.39, 0.29) is 0 Å². The van der Waals surface area contributed by atoms with E-state index < -0.39 is 10.1 Å². The van der Waals surface area contributed by atoms with Crippen LogP contribution in [0.25, 0.3) is 0 Å². The van der Waals surface area contributed by atoms with Gasteiger partial charge in [0.05, 0.1) is 22.9 Å². The number of allylic oxidation sites excluding steroid dienone is 3. The van der Waals surface area contributed by atoms with Crippen molar-refractivity contribution in [1.82, 2.24) is 0 Å². The lowest BCUT2D eigenvalue weighted by atomic mass is 10.1. The van der Waals surface area contributed by atoms with E-state index in [9.17, 15) is 0 Å². The third-order valence-electron chi connectivity index (χ3n) is 2.95. The molecule has 4 nitrogen and oxygen atoms in total. The van der Waals surface area contributed by atoms with Gasteiger partial charge in [-0.3, -0.25) is 4.90 Å². The maximum absolute atomic E-state index is 9.08. The summed E-state index contributed by atoms with van der Waals surface area (Å²) in [7, 11) is -3.92. The molecule has 0 bridgehead atoms. The molecule has 1 aliphatic rings. The first-order valence-corrected chi connectivity index (χ1v) is 8.78. The average molecular weight is 289 g/mol. The molecule has 1 unspecified atom stereocenters. The van der Waals surface area contributed by atoms with Crippen LogP contribution in [0.4, 0.5) is 0 Å². The third-order valence-corrected chi connectivity index (χ3v) is 2.95. The second-order valence-electron chi connectivity index (χ2n) is 4.96. The van der Waals surface area contributed by atoms with E-state index in [0.29, 0.717) is 6.26 Å². The molecule has 0 aromatic rings. The van der Waals surface area contributed by atoms with Crippen molar-refractivity contribution in [3.05, 3.63) is 24.0 Å². The van der Waals surface area contributed by atoms with Gasteiger partial charge in [0.25, 0.3) is 0 Å². The molecule has 112 valence electrons. The van der Waals surface area contributed by atoms with Gasteiger partial charge in [-0.2, -0.15) is 0 Å². The molecule has 1 atom stereocenters. The van der Waals surface area contributed by atoms with Crippen LogP contribution in [0.15, 0.2) is 24.0 Å². The molecule has 0 amide bonds. The summed E-state index contributed by atoms with van der Waals surface area (Å²) in [6.45, 7) is 5.77. The zero-order valence-electron chi connectivity index (χ0n) is 12.3. The molecule has 1 rings (SSSR count). The van der Waals surface area contributed by atoms with Gasteiger partial charge in [0.15, 0.2) is 0 Å². The first-order valence-electron chi connectivity index (χ1n) is 6.96. The predicted molar refractivity (Wildman–Crippen MR) is 77.7 cm³/mol. The van der Waals surface area contributed by atoms with E-state index in [4.69, 9.17) is 13.0 Å². The molecule has 1 N–H and O–H groups in total. The third kappa shape index (κ3) is 13.6. The molecule has 0 saturated heterocycles. The predicted octanol–water partition coefficient (Wildman–Crippen LogP) is 1.82. The van der Waals surface area contributed by atoms with Crippen LogP contribution >= 0.6 is 0 Å². The molecule has 5 heteroatoms. The number of hydrogen-bond acceptors (Lipinski definition) is 3. The fourth-order valence-electron chi connectivity index (χ4n) is 1.92. The normalized spacial score (nSPS) is 17.9. The van der Waals surface area contributed by atoms with Gasteiger partial charge in [0.1, 0.15) is 5.70 Å². The molecule has 0 radical (unpaired) electrons. The Kier molecular flexibility index (Phi) is 9.83. The molecule has 0 saturated carbocycles. The first-order chi connectivity index (χ1) is 8.84. The van der Waals surface area contributed by atoms with Crippen LogP contribution in [0.2, 0.25) is 0 Å².